The van der Waals surface area contributed by atoms with Crippen LogP contribution in [-0.2, 0) is 0 Å². The number of nitrogens with one attached hydrogen (secondary N) is 1. The van der Waals surface area contributed by atoms with Gasteiger partial charge in [0.2, 0.25) is 0 Å². The van der Waals surface area contributed by atoms with Crippen LogP contribution in [0.5, 0.6) is 0 Å². The third-order valence-corrected chi connectivity index (χ3v) is 4.36. The molecule has 1 heterocycles. The van der Waals surface area contributed by atoms with Crippen molar-refractivity contribution in [2.24, 2.45) is 0 Å². The third kappa shape index (κ3) is 2.96. The summed E-state index contributed by atoms with van der Waals surface area (Å²) in [6.07, 6.45) is 0. The number of fused-ring (bicyclic) bond motifs is 1. The fourth-order valence-corrected chi connectivity index (χ4v) is 3.19. The monoisotopic (exact) mass is 364 g/mol. The quantitative estimate of drug-likeness (QED) is 0.712. The van der Waals surface area contributed by atoms with E-state index in [0.717, 1.165) is 15.2 Å². The van der Waals surface area contributed by atoms with Crippen molar-refractivity contribution in [3.63, 3.8) is 0 Å². The van der Waals surface area contributed by atoms with Crippen LogP contribution >= 0.6 is 27.3 Å². The molecule has 0 saturated carbocycles. The van der Waals surface area contributed by atoms with Crippen molar-refractivity contribution in [1.29, 1.82) is 0 Å². The molecule has 0 atom stereocenters. The van der Waals surface area contributed by atoms with Gasteiger partial charge in [-0.3, -0.25) is 4.79 Å². The van der Waals surface area contributed by atoms with Gasteiger partial charge in [0.25, 0.3) is 5.91 Å². The minimum atomic E-state index is -0.559. The molecular weight excluding hydrogens is 355 g/mol. The summed E-state index contributed by atoms with van der Waals surface area (Å²) >= 11 is 4.72. The zero-order valence-electron chi connectivity index (χ0n) is 11.0. The van der Waals surface area contributed by atoms with Crippen molar-refractivity contribution < 1.29 is 9.18 Å². The van der Waals surface area contributed by atoms with E-state index in [2.05, 4.69) is 26.2 Å². The van der Waals surface area contributed by atoms with Crippen LogP contribution < -0.4 is 5.32 Å². The molecule has 0 radical (unpaired) electrons. The number of carbonyl (C=O) groups excluding carboxylic acids is 1. The molecule has 0 spiro atoms. The van der Waals surface area contributed by atoms with Crippen molar-refractivity contribution in [2.45, 2.75) is 6.92 Å². The number of carbonyl (C=O) groups is 1. The summed E-state index contributed by atoms with van der Waals surface area (Å²) in [5.74, 6) is -1.03. The normalized spacial score (nSPS) is 10.8. The number of thiazole rings is 1. The molecule has 2 aromatic carbocycles. The molecule has 0 aliphatic heterocycles. The molecule has 0 aliphatic rings. The minimum Gasteiger partial charge on any atom is -0.322 e. The fraction of sp³-hybridized carbons (Fsp3) is 0.0667. The maximum absolute atomic E-state index is 13.8. The van der Waals surface area contributed by atoms with Gasteiger partial charge in [-0.15, -0.1) is 11.3 Å². The van der Waals surface area contributed by atoms with Crippen LogP contribution in [0, 0.1) is 12.7 Å². The Labute approximate surface area is 133 Å². The zero-order valence-corrected chi connectivity index (χ0v) is 13.4. The highest BCUT2D eigenvalue weighted by atomic mass is 79.9. The Kier molecular flexibility index (Phi) is 3.73. The number of amides is 1. The first kappa shape index (κ1) is 14.2. The molecule has 3 aromatic rings. The first-order valence-corrected chi connectivity index (χ1v) is 7.77. The SMILES string of the molecule is Cc1nc2ccc(NC(=O)c3ccc(Br)cc3F)cc2s1. The number of hydrogen-bond acceptors (Lipinski definition) is 3. The first-order chi connectivity index (χ1) is 10.0. The van der Waals surface area contributed by atoms with E-state index < -0.39 is 11.7 Å². The summed E-state index contributed by atoms with van der Waals surface area (Å²) in [6.45, 7) is 1.93. The predicted octanol–water partition coefficient (Wildman–Crippen LogP) is 4.76. The topological polar surface area (TPSA) is 42.0 Å². The summed E-state index contributed by atoms with van der Waals surface area (Å²) in [5.41, 5.74) is 1.53. The second-order valence-electron chi connectivity index (χ2n) is 4.49. The van der Waals surface area contributed by atoms with Gasteiger partial charge in [-0.2, -0.15) is 0 Å². The number of anilines is 1. The van der Waals surface area contributed by atoms with Crippen molar-refractivity contribution in [2.75, 3.05) is 5.32 Å². The van der Waals surface area contributed by atoms with Crippen molar-refractivity contribution in [3.8, 4) is 0 Å². The highest BCUT2D eigenvalue weighted by molar-refractivity contribution is 9.10. The summed E-state index contributed by atoms with van der Waals surface area (Å²) in [5, 5.41) is 3.67. The molecule has 6 heteroatoms. The van der Waals surface area contributed by atoms with Crippen LogP contribution in [0.25, 0.3) is 10.2 Å². The number of benzene rings is 2. The molecule has 1 amide bonds. The van der Waals surface area contributed by atoms with E-state index in [4.69, 9.17) is 0 Å². The second kappa shape index (κ2) is 5.54. The highest BCUT2D eigenvalue weighted by Gasteiger charge is 2.12. The van der Waals surface area contributed by atoms with Crippen LogP contribution in [0.3, 0.4) is 0 Å². The number of aryl methyl sites for hydroxylation is 1. The van der Waals surface area contributed by atoms with E-state index in [1.807, 2.05) is 19.1 Å². The van der Waals surface area contributed by atoms with Crippen LogP contribution in [0.1, 0.15) is 15.4 Å². The summed E-state index contributed by atoms with van der Waals surface area (Å²) in [6, 6.07) is 9.79. The molecule has 3 rings (SSSR count). The van der Waals surface area contributed by atoms with Gasteiger partial charge >= 0.3 is 0 Å². The molecular formula is C15H10BrFN2OS. The highest BCUT2D eigenvalue weighted by Crippen LogP contribution is 2.25. The lowest BCUT2D eigenvalue weighted by Gasteiger charge is -2.06. The van der Waals surface area contributed by atoms with Crippen molar-refractivity contribution in [1.82, 2.24) is 4.98 Å². The van der Waals surface area contributed by atoms with Gasteiger partial charge in [0, 0.05) is 10.2 Å². The summed E-state index contributed by atoms with van der Waals surface area (Å²) in [7, 11) is 0. The zero-order chi connectivity index (χ0) is 15.0. The Morgan fingerprint density at radius 3 is 2.86 bits per heavy atom. The maximum atomic E-state index is 13.8. The van der Waals surface area contributed by atoms with Gasteiger partial charge in [0.15, 0.2) is 0 Å². The number of rotatable bonds is 2. The molecule has 0 fully saturated rings. The molecule has 0 unspecified atom stereocenters. The Morgan fingerprint density at radius 2 is 2.10 bits per heavy atom. The van der Waals surface area contributed by atoms with Crippen molar-refractivity contribution >= 4 is 49.1 Å². The van der Waals surface area contributed by atoms with E-state index in [1.54, 1.807) is 23.5 Å². The molecule has 0 aliphatic carbocycles. The van der Waals surface area contributed by atoms with Gasteiger partial charge in [-0.25, -0.2) is 9.37 Å². The molecule has 106 valence electrons. The average molecular weight is 365 g/mol. The van der Waals surface area contributed by atoms with Crippen LogP contribution in [0.2, 0.25) is 0 Å². The Balaban J connectivity index is 1.88. The molecule has 1 N–H and O–H groups in total. The average Bonchev–Trinajstić information content (AvgIpc) is 2.77. The smallest absolute Gasteiger partial charge is 0.258 e. The van der Waals surface area contributed by atoms with Crippen LogP contribution in [0.15, 0.2) is 40.9 Å². The number of halogens is 2. The summed E-state index contributed by atoms with van der Waals surface area (Å²) in [4.78, 5) is 16.5. The lowest BCUT2D eigenvalue weighted by Crippen LogP contribution is -2.13. The second-order valence-corrected chi connectivity index (χ2v) is 6.64. The van der Waals surface area contributed by atoms with Gasteiger partial charge < -0.3 is 5.32 Å². The molecule has 0 bridgehead atoms. The Hall–Kier alpha value is -1.79. The van der Waals surface area contributed by atoms with E-state index in [-0.39, 0.29) is 5.56 Å². The van der Waals surface area contributed by atoms with Crippen molar-refractivity contribution in [3.05, 3.63) is 57.3 Å². The van der Waals surface area contributed by atoms with E-state index in [9.17, 15) is 9.18 Å². The third-order valence-electron chi connectivity index (χ3n) is 2.93. The molecule has 3 nitrogen and oxygen atoms in total. The lowest BCUT2D eigenvalue weighted by atomic mass is 10.2. The fourth-order valence-electron chi connectivity index (χ4n) is 1.99. The van der Waals surface area contributed by atoms with Gasteiger partial charge in [-0.05, 0) is 43.3 Å². The number of aromatic nitrogens is 1. The van der Waals surface area contributed by atoms with E-state index >= 15 is 0 Å². The van der Waals surface area contributed by atoms with Crippen LogP contribution in [-0.4, -0.2) is 10.9 Å². The summed E-state index contributed by atoms with van der Waals surface area (Å²) < 4.78 is 15.3. The first-order valence-electron chi connectivity index (χ1n) is 6.16. The Morgan fingerprint density at radius 1 is 1.29 bits per heavy atom. The standard InChI is InChI=1S/C15H10BrFN2OS/c1-8-18-13-5-3-10(7-14(13)21-8)19-15(20)11-4-2-9(16)6-12(11)17/h2-7H,1H3,(H,19,20). The number of nitrogens with zero attached hydrogens (tertiary/aromatic N) is 1. The van der Waals surface area contributed by atoms with E-state index in [0.29, 0.717) is 10.2 Å². The molecule has 1 aromatic heterocycles. The van der Waals surface area contributed by atoms with Gasteiger partial charge in [0.1, 0.15) is 5.82 Å². The number of hydrogen-bond donors (Lipinski definition) is 1. The largest absolute Gasteiger partial charge is 0.322 e. The van der Waals surface area contributed by atoms with E-state index in [1.165, 1.54) is 12.1 Å². The van der Waals surface area contributed by atoms with Crippen LogP contribution in [0.4, 0.5) is 10.1 Å². The lowest BCUT2D eigenvalue weighted by molar-refractivity contribution is 0.102. The Bertz CT molecular complexity index is 847. The maximum Gasteiger partial charge on any atom is 0.258 e. The minimum absolute atomic E-state index is 0.0128. The van der Waals surface area contributed by atoms with Gasteiger partial charge in [-0.1, -0.05) is 15.9 Å². The van der Waals surface area contributed by atoms with Gasteiger partial charge in [0.05, 0.1) is 20.8 Å². The predicted molar refractivity (Wildman–Crippen MR) is 86.4 cm³/mol. The molecule has 0 saturated heterocycles. The molecule has 21 heavy (non-hydrogen) atoms.